The number of amides is 3. The summed E-state index contributed by atoms with van der Waals surface area (Å²) in [5, 5.41) is 15.4. The Labute approximate surface area is 233 Å². The summed E-state index contributed by atoms with van der Waals surface area (Å²) in [4.78, 5) is 43.1. The minimum absolute atomic E-state index is 0.00183. The fourth-order valence-electron chi connectivity index (χ4n) is 6.05. The molecule has 3 heterocycles. The van der Waals surface area contributed by atoms with Gasteiger partial charge >= 0.3 is 0 Å². The standard InChI is InChI=1S/C27H29BrClN3O4S/c28-17-15-27-21(20(22(17)37-27)24(34)30-16-9-3-1-4-10-16)26(36)32(13-7-2-8-14-33)23(27)25(35)31-19-12-6-5-11-18(19)29/h1,3-6,9-12,17,20-23,33H,2,7-8,13-15H2,(H,30,34)(H,31,35)/t17?,20-,21+,22-,23?,27?/m1/s1. The smallest absolute Gasteiger partial charge is 0.248 e. The molecule has 0 aliphatic carbocycles. The zero-order chi connectivity index (χ0) is 26.2. The Kier molecular flexibility index (Phi) is 7.86. The van der Waals surface area contributed by atoms with Crippen LogP contribution in [0.3, 0.4) is 0 Å². The molecule has 3 N–H and O–H groups in total. The van der Waals surface area contributed by atoms with Gasteiger partial charge in [0, 0.05) is 28.9 Å². The van der Waals surface area contributed by atoms with Crippen LogP contribution in [0.15, 0.2) is 54.6 Å². The molecule has 10 heteroatoms. The van der Waals surface area contributed by atoms with Crippen LogP contribution in [0.2, 0.25) is 5.02 Å². The van der Waals surface area contributed by atoms with Crippen molar-refractivity contribution < 1.29 is 19.5 Å². The van der Waals surface area contributed by atoms with Crippen LogP contribution in [0, 0.1) is 11.8 Å². The number of nitrogens with one attached hydrogen (secondary N) is 2. The zero-order valence-corrected chi connectivity index (χ0v) is 23.3. The van der Waals surface area contributed by atoms with Gasteiger partial charge < -0.3 is 20.6 Å². The summed E-state index contributed by atoms with van der Waals surface area (Å²) in [5.41, 5.74) is 1.17. The molecule has 0 aromatic heterocycles. The van der Waals surface area contributed by atoms with Gasteiger partial charge in [-0.15, -0.1) is 11.8 Å². The van der Waals surface area contributed by atoms with Crippen LogP contribution in [0.25, 0.3) is 0 Å². The van der Waals surface area contributed by atoms with Crippen molar-refractivity contribution in [2.75, 3.05) is 23.8 Å². The molecular weight excluding hydrogens is 578 g/mol. The number of carbonyl (C=O) groups excluding carboxylic acids is 3. The Morgan fingerprint density at radius 3 is 2.51 bits per heavy atom. The number of aliphatic hydroxyl groups excluding tert-OH is 1. The second-order valence-corrected chi connectivity index (χ2v) is 12.9. The lowest BCUT2D eigenvalue weighted by atomic mass is 9.70. The zero-order valence-electron chi connectivity index (χ0n) is 20.1. The van der Waals surface area contributed by atoms with E-state index in [4.69, 9.17) is 11.6 Å². The topological polar surface area (TPSA) is 98.7 Å². The fraction of sp³-hybridized carbons (Fsp3) is 0.444. The molecule has 3 unspecified atom stereocenters. The third-order valence-electron chi connectivity index (χ3n) is 7.57. The van der Waals surface area contributed by atoms with Crippen LogP contribution in [0.4, 0.5) is 11.4 Å². The average molecular weight is 607 g/mol. The Balaban J connectivity index is 1.47. The van der Waals surface area contributed by atoms with E-state index < -0.39 is 22.6 Å². The third-order valence-corrected chi connectivity index (χ3v) is 11.1. The van der Waals surface area contributed by atoms with Gasteiger partial charge in [0.1, 0.15) is 6.04 Å². The summed E-state index contributed by atoms with van der Waals surface area (Å²) in [6, 6.07) is 15.5. The van der Waals surface area contributed by atoms with E-state index in [1.54, 1.807) is 40.9 Å². The highest BCUT2D eigenvalue weighted by Gasteiger charge is 2.75. The summed E-state index contributed by atoms with van der Waals surface area (Å²) in [7, 11) is 0. The van der Waals surface area contributed by atoms with Gasteiger partial charge in [-0.05, 0) is 49.9 Å². The van der Waals surface area contributed by atoms with Crippen molar-refractivity contribution in [1.29, 1.82) is 0 Å². The Morgan fingerprint density at radius 2 is 1.78 bits per heavy atom. The number of benzene rings is 2. The van der Waals surface area contributed by atoms with Gasteiger partial charge in [0.15, 0.2) is 0 Å². The second-order valence-electron chi connectivity index (χ2n) is 9.80. The number of para-hydroxylation sites is 2. The molecule has 2 bridgehead atoms. The van der Waals surface area contributed by atoms with Crippen LogP contribution in [-0.2, 0) is 14.4 Å². The lowest BCUT2D eigenvalue weighted by Gasteiger charge is -2.35. The first-order chi connectivity index (χ1) is 17.9. The van der Waals surface area contributed by atoms with Crippen molar-refractivity contribution in [3.63, 3.8) is 0 Å². The molecule has 6 atom stereocenters. The van der Waals surface area contributed by atoms with Gasteiger partial charge in [-0.2, -0.15) is 0 Å². The molecule has 0 radical (unpaired) electrons. The molecular formula is C27H29BrClN3O4S. The second kappa shape index (κ2) is 11.0. The van der Waals surface area contributed by atoms with E-state index >= 15 is 0 Å². The van der Waals surface area contributed by atoms with E-state index in [-0.39, 0.29) is 34.4 Å². The van der Waals surface area contributed by atoms with E-state index in [9.17, 15) is 19.5 Å². The number of aliphatic hydroxyl groups is 1. The number of unbranched alkanes of at least 4 members (excludes halogenated alkanes) is 2. The molecule has 5 rings (SSSR count). The lowest BCUT2D eigenvalue weighted by molar-refractivity contribution is -0.138. The summed E-state index contributed by atoms with van der Waals surface area (Å²) in [6.45, 7) is 0.477. The summed E-state index contributed by atoms with van der Waals surface area (Å²) >= 11 is 11.7. The molecule has 3 aliphatic rings. The summed E-state index contributed by atoms with van der Waals surface area (Å²) < 4.78 is -0.725. The maximum atomic E-state index is 14.0. The number of nitrogens with zero attached hydrogens (tertiary/aromatic N) is 1. The van der Waals surface area contributed by atoms with E-state index in [0.29, 0.717) is 42.2 Å². The first-order valence-corrected chi connectivity index (χ1v) is 14.7. The van der Waals surface area contributed by atoms with E-state index in [1.807, 2.05) is 30.3 Å². The fourth-order valence-corrected chi connectivity index (χ4v) is 9.85. The summed E-state index contributed by atoms with van der Waals surface area (Å²) in [6.07, 6.45) is 2.65. The molecule has 1 spiro atoms. The molecule has 37 heavy (non-hydrogen) atoms. The first-order valence-electron chi connectivity index (χ1n) is 12.5. The molecule has 0 saturated carbocycles. The molecule has 3 aliphatic heterocycles. The molecule has 7 nitrogen and oxygen atoms in total. The SMILES string of the molecule is O=C(Nc1ccccc1Cl)C1N(CCCCCO)C(=O)[C@@H]2[C@@H](C(=O)Nc3ccccc3)[C@@H]3SC12CC3Br. The lowest BCUT2D eigenvalue weighted by Crippen LogP contribution is -2.52. The molecule has 3 amide bonds. The molecule has 3 fully saturated rings. The Hall–Kier alpha value is -2.07. The number of alkyl halides is 1. The Bertz CT molecular complexity index is 1190. The molecule has 3 saturated heterocycles. The van der Waals surface area contributed by atoms with Crippen LogP contribution < -0.4 is 10.6 Å². The monoisotopic (exact) mass is 605 g/mol. The number of anilines is 2. The van der Waals surface area contributed by atoms with Gasteiger partial charge in [0.25, 0.3) is 0 Å². The molecule has 2 aromatic carbocycles. The first kappa shape index (κ1) is 26.5. The van der Waals surface area contributed by atoms with Gasteiger partial charge in [-0.1, -0.05) is 57.9 Å². The highest BCUT2D eigenvalue weighted by Crippen LogP contribution is 2.67. The average Bonchev–Trinajstić information content (AvgIpc) is 3.47. The maximum Gasteiger partial charge on any atom is 0.248 e. The minimum Gasteiger partial charge on any atom is -0.396 e. The van der Waals surface area contributed by atoms with Gasteiger partial charge in [0.05, 0.1) is 27.3 Å². The van der Waals surface area contributed by atoms with Crippen molar-refractivity contribution in [1.82, 2.24) is 4.90 Å². The van der Waals surface area contributed by atoms with Crippen LogP contribution in [-0.4, -0.2) is 61.7 Å². The predicted molar refractivity (Wildman–Crippen MR) is 150 cm³/mol. The van der Waals surface area contributed by atoms with Crippen LogP contribution in [0.5, 0.6) is 0 Å². The number of halogens is 2. The van der Waals surface area contributed by atoms with Crippen molar-refractivity contribution in [3.8, 4) is 0 Å². The number of hydrogen-bond donors (Lipinski definition) is 3. The predicted octanol–water partition coefficient (Wildman–Crippen LogP) is 4.54. The van der Waals surface area contributed by atoms with E-state index in [1.165, 1.54) is 0 Å². The van der Waals surface area contributed by atoms with Crippen molar-refractivity contribution in [2.45, 2.75) is 46.5 Å². The van der Waals surface area contributed by atoms with Gasteiger partial charge in [-0.3, -0.25) is 14.4 Å². The van der Waals surface area contributed by atoms with Crippen LogP contribution >= 0.6 is 39.3 Å². The highest BCUT2D eigenvalue weighted by atomic mass is 79.9. The number of rotatable bonds is 9. The van der Waals surface area contributed by atoms with Gasteiger partial charge in [0.2, 0.25) is 17.7 Å². The number of hydrogen-bond acceptors (Lipinski definition) is 5. The third kappa shape index (κ3) is 4.80. The normalized spacial score (nSPS) is 29.9. The number of carbonyl (C=O) groups is 3. The number of likely N-dealkylation sites (tertiary alicyclic amines) is 1. The van der Waals surface area contributed by atoms with Crippen molar-refractivity contribution >= 4 is 68.4 Å². The quantitative estimate of drug-likeness (QED) is 0.288. The molecule has 196 valence electrons. The van der Waals surface area contributed by atoms with Gasteiger partial charge in [-0.25, -0.2) is 0 Å². The molecule has 2 aromatic rings. The Morgan fingerprint density at radius 1 is 1.05 bits per heavy atom. The largest absolute Gasteiger partial charge is 0.396 e. The van der Waals surface area contributed by atoms with E-state index in [2.05, 4.69) is 26.6 Å². The van der Waals surface area contributed by atoms with Crippen molar-refractivity contribution in [2.24, 2.45) is 11.8 Å². The highest BCUT2D eigenvalue weighted by molar-refractivity contribution is 9.09. The minimum atomic E-state index is -0.736. The maximum absolute atomic E-state index is 14.0. The van der Waals surface area contributed by atoms with Crippen LogP contribution in [0.1, 0.15) is 25.7 Å². The number of fused-ring (bicyclic) bond motifs is 1. The number of thioether (sulfide) groups is 1. The summed E-state index contributed by atoms with van der Waals surface area (Å²) in [5.74, 6) is -1.79. The van der Waals surface area contributed by atoms with Crippen molar-refractivity contribution in [3.05, 3.63) is 59.6 Å². The van der Waals surface area contributed by atoms with E-state index in [0.717, 1.165) is 6.42 Å².